The number of nitrogens with zero attached hydrogens (tertiary/aromatic N) is 1. The fraction of sp³-hybridized carbons (Fsp3) is 0.941. The van der Waals surface area contributed by atoms with Gasteiger partial charge in [0.05, 0.1) is 6.04 Å². The molecule has 0 spiro atoms. The normalized spacial score (nSPS) is 25.8. The standard InChI is InChI=1S/C17H33N3O/c1-14(17(21)19-16-9-4-3-5-10-16)20(2)13-11-15-8-6-7-12-18-15/h14-16,18H,3-13H2,1-2H3,(H,19,21). The lowest BCUT2D eigenvalue weighted by atomic mass is 9.95. The Morgan fingerprint density at radius 2 is 1.90 bits per heavy atom. The maximum absolute atomic E-state index is 12.3. The molecule has 2 atom stereocenters. The Balaban J connectivity index is 1.67. The molecule has 0 aromatic heterocycles. The number of rotatable bonds is 6. The highest BCUT2D eigenvalue weighted by atomic mass is 16.2. The number of hydrogen-bond acceptors (Lipinski definition) is 3. The Labute approximate surface area is 130 Å². The van der Waals surface area contributed by atoms with Gasteiger partial charge in [-0.25, -0.2) is 0 Å². The number of carbonyl (C=O) groups is 1. The molecule has 4 heteroatoms. The molecule has 1 saturated heterocycles. The van der Waals surface area contributed by atoms with Gasteiger partial charge < -0.3 is 10.6 Å². The van der Waals surface area contributed by atoms with Gasteiger partial charge in [-0.3, -0.25) is 9.69 Å². The summed E-state index contributed by atoms with van der Waals surface area (Å²) in [7, 11) is 2.08. The van der Waals surface area contributed by atoms with Crippen molar-refractivity contribution in [1.29, 1.82) is 0 Å². The number of piperidine rings is 1. The van der Waals surface area contributed by atoms with Gasteiger partial charge in [0.15, 0.2) is 0 Å². The van der Waals surface area contributed by atoms with Crippen LogP contribution in [0.3, 0.4) is 0 Å². The molecule has 122 valence electrons. The zero-order chi connectivity index (χ0) is 15.1. The van der Waals surface area contributed by atoms with Gasteiger partial charge in [-0.15, -0.1) is 0 Å². The number of hydrogen-bond donors (Lipinski definition) is 2. The van der Waals surface area contributed by atoms with E-state index in [4.69, 9.17) is 0 Å². The van der Waals surface area contributed by atoms with E-state index in [1.807, 2.05) is 6.92 Å². The molecular formula is C17H33N3O. The van der Waals surface area contributed by atoms with E-state index in [1.165, 1.54) is 38.5 Å². The maximum atomic E-state index is 12.3. The van der Waals surface area contributed by atoms with Crippen LogP contribution in [0.2, 0.25) is 0 Å². The first-order valence-electron chi connectivity index (χ1n) is 8.91. The monoisotopic (exact) mass is 295 g/mol. The van der Waals surface area contributed by atoms with Crippen LogP contribution in [0.25, 0.3) is 0 Å². The third kappa shape index (κ3) is 5.59. The van der Waals surface area contributed by atoms with E-state index in [9.17, 15) is 4.79 Å². The van der Waals surface area contributed by atoms with Crippen LogP contribution in [-0.2, 0) is 4.79 Å². The van der Waals surface area contributed by atoms with E-state index >= 15 is 0 Å². The average Bonchev–Trinajstić information content (AvgIpc) is 2.53. The minimum atomic E-state index is -0.0180. The number of nitrogens with one attached hydrogen (secondary N) is 2. The van der Waals surface area contributed by atoms with Crippen LogP contribution < -0.4 is 10.6 Å². The van der Waals surface area contributed by atoms with Crippen molar-refractivity contribution < 1.29 is 4.79 Å². The molecule has 2 unspecified atom stereocenters. The first-order valence-corrected chi connectivity index (χ1v) is 8.91. The van der Waals surface area contributed by atoms with Crippen molar-refractivity contribution in [2.75, 3.05) is 20.1 Å². The number of likely N-dealkylation sites (N-methyl/N-ethyl adjacent to an activating group) is 1. The Morgan fingerprint density at radius 3 is 2.57 bits per heavy atom. The summed E-state index contributed by atoms with van der Waals surface area (Å²) in [5, 5.41) is 6.82. The van der Waals surface area contributed by atoms with Crippen molar-refractivity contribution in [2.45, 2.75) is 82.8 Å². The zero-order valence-electron chi connectivity index (χ0n) is 13.9. The summed E-state index contributed by atoms with van der Waals surface area (Å²) in [6.45, 7) is 4.19. The van der Waals surface area contributed by atoms with E-state index in [0.717, 1.165) is 32.4 Å². The largest absolute Gasteiger partial charge is 0.352 e. The second-order valence-corrected chi connectivity index (χ2v) is 6.94. The molecule has 0 radical (unpaired) electrons. The summed E-state index contributed by atoms with van der Waals surface area (Å²) in [6.07, 6.45) is 11.3. The van der Waals surface area contributed by atoms with Crippen LogP contribution in [0.5, 0.6) is 0 Å². The smallest absolute Gasteiger partial charge is 0.237 e. The molecule has 0 aromatic carbocycles. The maximum Gasteiger partial charge on any atom is 0.237 e. The van der Waals surface area contributed by atoms with Crippen LogP contribution in [0.1, 0.15) is 64.7 Å². The molecule has 21 heavy (non-hydrogen) atoms. The predicted molar refractivity (Wildman–Crippen MR) is 87.4 cm³/mol. The van der Waals surface area contributed by atoms with Gasteiger partial charge in [0, 0.05) is 18.6 Å². The van der Waals surface area contributed by atoms with Gasteiger partial charge in [-0.2, -0.15) is 0 Å². The Hall–Kier alpha value is -0.610. The number of amides is 1. The average molecular weight is 295 g/mol. The van der Waals surface area contributed by atoms with E-state index in [1.54, 1.807) is 0 Å². The summed E-state index contributed by atoms with van der Waals surface area (Å²) < 4.78 is 0. The third-order valence-electron chi connectivity index (χ3n) is 5.23. The van der Waals surface area contributed by atoms with E-state index in [-0.39, 0.29) is 11.9 Å². The minimum Gasteiger partial charge on any atom is -0.352 e. The fourth-order valence-electron chi connectivity index (χ4n) is 3.49. The van der Waals surface area contributed by atoms with E-state index < -0.39 is 0 Å². The van der Waals surface area contributed by atoms with Crippen LogP contribution in [0.15, 0.2) is 0 Å². The molecule has 1 heterocycles. The van der Waals surface area contributed by atoms with Gasteiger partial charge >= 0.3 is 0 Å². The van der Waals surface area contributed by atoms with Crippen molar-refractivity contribution in [1.82, 2.24) is 15.5 Å². The zero-order valence-corrected chi connectivity index (χ0v) is 13.9. The predicted octanol–water partition coefficient (Wildman–Crippen LogP) is 2.29. The molecule has 4 nitrogen and oxygen atoms in total. The second kappa shape index (κ2) is 8.74. The SMILES string of the molecule is CC(C(=O)NC1CCCCC1)N(C)CCC1CCCCN1. The summed E-state index contributed by atoms with van der Waals surface area (Å²) in [4.78, 5) is 14.5. The van der Waals surface area contributed by atoms with Crippen LogP contribution in [-0.4, -0.2) is 49.1 Å². The fourth-order valence-corrected chi connectivity index (χ4v) is 3.49. The molecule has 2 aliphatic rings. The van der Waals surface area contributed by atoms with Crippen molar-refractivity contribution in [3.63, 3.8) is 0 Å². The van der Waals surface area contributed by atoms with Gasteiger partial charge in [0.2, 0.25) is 5.91 Å². The Kier molecular flexibility index (Phi) is 6.97. The van der Waals surface area contributed by atoms with Gasteiger partial charge in [0.25, 0.3) is 0 Å². The van der Waals surface area contributed by atoms with Crippen LogP contribution >= 0.6 is 0 Å². The lowest BCUT2D eigenvalue weighted by molar-refractivity contribution is -0.126. The molecule has 2 fully saturated rings. The van der Waals surface area contributed by atoms with Crippen molar-refractivity contribution in [2.24, 2.45) is 0 Å². The molecular weight excluding hydrogens is 262 g/mol. The quantitative estimate of drug-likeness (QED) is 0.790. The second-order valence-electron chi connectivity index (χ2n) is 6.94. The van der Waals surface area contributed by atoms with Gasteiger partial charge in [-0.1, -0.05) is 25.7 Å². The van der Waals surface area contributed by atoms with E-state index in [0.29, 0.717) is 12.1 Å². The number of carbonyl (C=O) groups excluding carboxylic acids is 1. The molecule has 1 aliphatic heterocycles. The molecule has 1 aliphatic carbocycles. The Bertz CT molecular complexity index is 309. The van der Waals surface area contributed by atoms with Crippen LogP contribution in [0.4, 0.5) is 0 Å². The first-order chi connectivity index (χ1) is 10.2. The van der Waals surface area contributed by atoms with Crippen molar-refractivity contribution in [3.8, 4) is 0 Å². The highest BCUT2D eigenvalue weighted by molar-refractivity contribution is 5.81. The summed E-state index contributed by atoms with van der Waals surface area (Å²) in [6, 6.07) is 1.05. The molecule has 2 N–H and O–H groups in total. The molecule has 2 rings (SSSR count). The first kappa shape index (κ1) is 16.8. The lowest BCUT2D eigenvalue weighted by Gasteiger charge is -2.30. The summed E-state index contributed by atoms with van der Waals surface area (Å²) in [5.74, 6) is 0.209. The van der Waals surface area contributed by atoms with Crippen LogP contribution in [0, 0.1) is 0 Å². The third-order valence-corrected chi connectivity index (χ3v) is 5.23. The highest BCUT2D eigenvalue weighted by Crippen LogP contribution is 2.17. The minimum absolute atomic E-state index is 0.0180. The molecule has 0 bridgehead atoms. The summed E-state index contributed by atoms with van der Waals surface area (Å²) >= 11 is 0. The Morgan fingerprint density at radius 1 is 1.19 bits per heavy atom. The van der Waals surface area contributed by atoms with Crippen molar-refractivity contribution in [3.05, 3.63) is 0 Å². The topological polar surface area (TPSA) is 44.4 Å². The van der Waals surface area contributed by atoms with Crippen molar-refractivity contribution >= 4 is 5.91 Å². The van der Waals surface area contributed by atoms with E-state index in [2.05, 4.69) is 22.6 Å². The molecule has 1 saturated carbocycles. The summed E-state index contributed by atoms with van der Waals surface area (Å²) in [5.41, 5.74) is 0. The highest BCUT2D eigenvalue weighted by Gasteiger charge is 2.23. The lowest BCUT2D eigenvalue weighted by Crippen LogP contribution is -2.48. The van der Waals surface area contributed by atoms with Gasteiger partial charge in [-0.05, 0) is 52.6 Å². The molecule has 0 aromatic rings. The van der Waals surface area contributed by atoms with Gasteiger partial charge in [0.1, 0.15) is 0 Å². The molecule has 1 amide bonds.